The highest BCUT2D eigenvalue weighted by Crippen LogP contribution is 2.53. The van der Waals surface area contributed by atoms with Gasteiger partial charge in [0.25, 0.3) is 5.91 Å². The number of hydrogen-bond acceptors (Lipinski definition) is 3. The first-order valence-electron chi connectivity index (χ1n) is 10.1. The first-order chi connectivity index (χ1) is 13.5. The van der Waals surface area contributed by atoms with Crippen molar-refractivity contribution in [2.75, 3.05) is 39.4 Å². The van der Waals surface area contributed by atoms with Gasteiger partial charge >= 0.3 is 0 Å². The molecule has 0 aromatic heterocycles. The molecule has 2 amide bonds. The Morgan fingerprint density at radius 3 is 2.54 bits per heavy atom. The Bertz CT molecular complexity index is 760. The van der Waals surface area contributed by atoms with Gasteiger partial charge in [0.15, 0.2) is 0 Å². The molecule has 1 aliphatic carbocycles. The molecular formula is C21H26F2N2O3. The average Bonchev–Trinajstić information content (AvgIpc) is 3.07. The lowest BCUT2D eigenvalue weighted by molar-refractivity contribution is -0.135. The Morgan fingerprint density at radius 1 is 1.14 bits per heavy atom. The summed E-state index contributed by atoms with van der Waals surface area (Å²) < 4.78 is 32.5. The summed E-state index contributed by atoms with van der Waals surface area (Å²) in [6, 6.07) is 3.08. The zero-order valence-electron chi connectivity index (χ0n) is 16.0. The second-order valence-corrected chi connectivity index (χ2v) is 8.25. The van der Waals surface area contributed by atoms with Gasteiger partial charge in [0.05, 0.1) is 18.8 Å². The van der Waals surface area contributed by atoms with Crippen molar-refractivity contribution in [1.29, 1.82) is 0 Å². The van der Waals surface area contributed by atoms with Gasteiger partial charge in [0.2, 0.25) is 5.91 Å². The van der Waals surface area contributed by atoms with Crippen molar-refractivity contribution in [2.24, 2.45) is 11.3 Å². The van der Waals surface area contributed by atoms with Crippen LogP contribution in [-0.4, -0.2) is 61.0 Å². The van der Waals surface area contributed by atoms with Crippen LogP contribution in [-0.2, 0) is 9.53 Å². The Hall–Kier alpha value is -2.02. The van der Waals surface area contributed by atoms with Gasteiger partial charge in [-0.1, -0.05) is 6.42 Å². The Morgan fingerprint density at radius 2 is 1.89 bits per heavy atom. The second-order valence-electron chi connectivity index (χ2n) is 8.25. The van der Waals surface area contributed by atoms with Crippen LogP contribution in [0.2, 0.25) is 0 Å². The number of carbonyl (C=O) groups excluding carboxylic acids is 2. The molecule has 3 aliphatic rings. The molecule has 1 atom stereocenters. The normalized spacial score (nSPS) is 23.7. The standard InChI is InChI=1S/C21H26F2N2O3/c22-16-3-4-17(18(23)12-16)20(27)25-13-15(21(14-25)6-1-7-21)2-5-19(26)24-8-10-28-11-9-24/h3-4,12,15H,1-2,5-11,13-14H2. The smallest absolute Gasteiger partial charge is 0.256 e. The quantitative estimate of drug-likeness (QED) is 0.792. The highest BCUT2D eigenvalue weighted by Gasteiger charge is 2.51. The van der Waals surface area contributed by atoms with Crippen molar-refractivity contribution in [1.82, 2.24) is 9.80 Å². The summed E-state index contributed by atoms with van der Waals surface area (Å²) in [5.41, 5.74) is -0.0295. The molecule has 1 aromatic carbocycles. The number of morpholine rings is 1. The summed E-state index contributed by atoms with van der Waals surface area (Å²) in [6.45, 7) is 3.59. The van der Waals surface area contributed by atoms with Crippen molar-refractivity contribution < 1.29 is 23.1 Å². The van der Waals surface area contributed by atoms with Crippen molar-refractivity contribution in [2.45, 2.75) is 32.1 Å². The van der Waals surface area contributed by atoms with E-state index in [1.54, 1.807) is 4.90 Å². The molecular weight excluding hydrogens is 366 g/mol. The van der Waals surface area contributed by atoms with Crippen molar-refractivity contribution in [3.8, 4) is 0 Å². The van der Waals surface area contributed by atoms with E-state index in [1.807, 2.05) is 4.90 Å². The molecule has 2 heterocycles. The number of hydrogen-bond donors (Lipinski definition) is 0. The number of amides is 2. The van der Waals surface area contributed by atoms with Gasteiger partial charge in [0.1, 0.15) is 11.6 Å². The van der Waals surface area contributed by atoms with E-state index in [9.17, 15) is 18.4 Å². The lowest BCUT2D eigenvalue weighted by atomic mass is 9.62. The summed E-state index contributed by atoms with van der Waals surface area (Å²) in [6.07, 6.45) is 4.42. The van der Waals surface area contributed by atoms with Crippen LogP contribution in [0.4, 0.5) is 8.78 Å². The van der Waals surface area contributed by atoms with E-state index in [0.717, 1.165) is 37.8 Å². The van der Waals surface area contributed by atoms with Crippen LogP contribution in [0, 0.1) is 23.0 Å². The predicted octanol–water partition coefficient (Wildman–Crippen LogP) is 2.85. The third-order valence-corrected chi connectivity index (χ3v) is 6.68. The molecule has 2 saturated heterocycles. The molecule has 1 saturated carbocycles. The van der Waals surface area contributed by atoms with Gasteiger partial charge in [-0.2, -0.15) is 0 Å². The van der Waals surface area contributed by atoms with Gasteiger partial charge in [-0.3, -0.25) is 9.59 Å². The van der Waals surface area contributed by atoms with Gasteiger partial charge in [-0.05, 0) is 42.7 Å². The fraction of sp³-hybridized carbons (Fsp3) is 0.619. The molecule has 1 spiro atoms. The number of rotatable bonds is 4. The molecule has 0 N–H and O–H groups in total. The van der Waals surface area contributed by atoms with E-state index in [-0.39, 0.29) is 28.7 Å². The minimum absolute atomic E-state index is 0.0530. The van der Waals surface area contributed by atoms with Crippen molar-refractivity contribution >= 4 is 11.8 Å². The fourth-order valence-corrected chi connectivity index (χ4v) is 4.88. The number of likely N-dealkylation sites (tertiary alicyclic amines) is 1. The average molecular weight is 392 g/mol. The monoisotopic (exact) mass is 392 g/mol. The van der Waals surface area contributed by atoms with Crippen molar-refractivity contribution in [3.05, 3.63) is 35.4 Å². The molecule has 4 rings (SSSR count). The summed E-state index contributed by atoms with van der Waals surface area (Å²) in [4.78, 5) is 28.8. The maximum Gasteiger partial charge on any atom is 0.256 e. The van der Waals surface area contributed by atoms with Crippen LogP contribution >= 0.6 is 0 Å². The third-order valence-electron chi connectivity index (χ3n) is 6.68. The maximum atomic E-state index is 14.1. The first kappa shape index (κ1) is 19.3. The lowest BCUT2D eigenvalue weighted by Gasteiger charge is -2.43. The van der Waals surface area contributed by atoms with Crippen LogP contribution in [0.3, 0.4) is 0 Å². The van der Waals surface area contributed by atoms with E-state index in [2.05, 4.69) is 0 Å². The van der Waals surface area contributed by atoms with Gasteiger partial charge < -0.3 is 14.5 Å². The third kappa shape index (κ3) is 3.64. The van der Waals surface area contributed by atoms with Crippen LogP contribution in [0.5, 0.6) is 0 Å². The zero-order valence-corrected chi connectivity index (χ0v) is 16.0. The van der Waals surface area contributed by atoms with Crippen LogP contribution < -0.4 is 0 Å². The number of nitrogens with zero attached hydrogens (tertiary/aromatic N) is 2. The molecule has 7 heteroatoms. The SMILES string of the molecule is O=C(CCC1CN(C(=O)c2ccc(F)cc2F)CC12CCC2)N1CCOCC1. The lowest BCUT2D eigenvalue weighted by Crippen LogP contribution is -2.42. The van der Waals surface area contributed by atoms with E-state index >= 15 is 0 Å². The van der Waals surface area contributed by atoms with Gasteiger partial charge in [-0.25, -0.2) is 8.78 Å². The zero-order chi connectivity index (χ0) is 19.7. The van der Waals surface area contributed by atoms with E-state index < -0.39 is 11.6 Å². The number of benzene rings is 1. The molecule has 28 heavy (non-hydrogen) atoms. The summed E-state index contributed by atoms with van der Waals surface area (Å²) in [7, 11) is 0. The summed E-state index contributed by atoms with van der Waals surface area (Å²) in [5.74, 6) is -1.50. The largest absolute Gasteiger partial charge is 0.378 e. The number of halogens is 2. The minimum atomic E-state index is -0.821. The highest BCUT2D eigenvalue weighted by molar-refractivity contribution is 5.94. The topological polar surface area (TPSA) is 49.9 Å². The number of carbonyl (C=O) groups is 2. The van der Waals surface area contributed by atoms with Gasteiger partial charge in [0, 0.05) is 38.7 Å². The second kappa shape index (κ2) is 7.78. The highest BCUT2D eigenvalue weighted by atomic mass is 19.1. The molecule has 1 unspecified atom stereocenters. The van der Waals surface area contributed by atoms with E-state index in [0.29, 0.717) is 45.8 Å². The fourth-order valence-electron chi connectivity index (χ4n) is 4.88. The molecule has 0 radical (unpaired) electrons. The Labute approximate surface area is 163 Å². The molecule has 0 bridgehead atoms. The van der Waals surface area contributed by atoms with E-state index in [1.165, 1.54) is 6.07 Å². The summed E-state index contributed by atoms with van der Waals surface area (Å²) >= 11 is 0. The van der Waals surface area contributed by atoms with Crippen LogP contribution in [0.1, 0.15) is 42.5 Å². The Kier molecular flexibility index (Phi) is 5.36. The minimum Gasteiger partial charge on any atom is -0.378 e. The Balaban J connectivity index is 1.41. The molecule has 152 valence electrons. The molecule has 1 aromatic rings. The molecule has 2 aliphatic heterocycles. The molecule has 5 nitrogen and oxygen atoms in total. The van der Waals surface area contributed by atoms with E-state index in [4.69, 9.17) is 4.74 Å². The first-order valence-corrected chi connectivity index (χ1v) is 10.1. The van der Waals surface area contributed by atoms with Gasteiger partial charge in [-0.15, -0.1) is 0 Å². The van der Waals surface area contributed by atoms with Crippen LogP contribution in [0.25, 0.3) is 0 Å². The predicted molar refractivity (Wildman–Crippen MR) is 98.7 cm³/mol. The molecule has 3 fully saturated rings. The van der Waals surface area contributed by atoms with Crippen molar-refractivity contribution in [3.63, 3.8) is 0 Å². The summed E-state index contributed by atoms with van der Waals surface area (Å²) in [5, 5.41) is 0. The number of ether oxygens (including phenoxy) is 1. The van der Waals surface area contributed by atoms with Crippen LogP contribution in [0.15, 0.2) is 18.2 Å². The maximum absolute atomic E-state index is 14.1.